The molecule has 1 amide bonds. The summed E-state index contributed by atoms with van der Waals surface area (Å²) >= 11 is 12.1. The van der Waals surface area contributed by atoms with Gasteiger partial charge in [-0.25, -0.2) is 4.39 Å². The molecule has 1 aliphatic heterocycles. The Morgan fingerprint density at radius 3 is 2.72 bits per heavy atom. The Labute approximate surface area is 156 Å². The zero-order valence-corrected chi connectivity index (χ0v) is 15.2. The van der Waals surface area contributed by atoms with Crippen LogP contribution in [0.3, 0.4) is 0 Å². The lowest BCUT2D eigenvalue weighted by Crippen LogP contribution is -2.40. The van der Waals surface area contributed by atoms with E-state index in [-0.39, 0.29) is 17.6 Å². The monoisotopic (exact) mass is 380 g/mol. The van der Waals surface area contributed by atoms with E-state index in [4.69, 9.17) is 23.2 Å². The van der Waals surface area contributed by atoms with Crippen LogP contribution in [-0.4, -0.2) is 23.9 Å². The molecule has 0 bridgehead atoms. The van der Waals surface area contributed by atoms with Crippen LogP contribution in [0.15, 0.2) is 42.5 Å². The van der Waals surface area contributed by atoms with E-state index in [1.165, 1.54) is 12.1 Å². The fraction of sp³-hybridized carbons (Fsp3) is 0.316. The predicted molar refractivity (Wildman–Crippen MR) is 99.5 cm³/mol. The summed E-state index contributed by atoms with van der Waals surface area (Å²) in [5, 5.41) is 3.88. The molecular weight excluding hydrogens is 362 g/mol. The molecule has 2 aromatic rings. The standard InChI is InChI=1S/C19H19Cl2FN2O/c20-15-5-8-17(21)18(10-15)23-19(25)14-2-1-9-24(12-14)11-13-3-6-16(22)7-4-13/h3-8,10,14H,1-2,9,11-12H2,(H,23,25). The van der Waals surface area contributed by atoms with E-state index >= 15 is 0 Å². The number of hydrogen-bond donors (Lipinski definition) is 1. The number of carbonyl (C=O) groups excluding carboxylic acids is 1. The second-order valence-electron chi connectivity index (χ2n) is 6.31. The van der Waals surface area contributed by atoms with Crippen LogP contribution in [0.25, 0.3) is 0 Å². The highest BCUT2D eigenvalue weighted by Crippen LogP contribution is 2.27. The number of nitrogens with one attached hydrogen (secondary N) is 1. The Morgan fingerprint density at radius 1 is 1.20 bits per heavy atom. The molecule has 1 saturated heterocycles. The van der Waals surface area contributed by atoms with Crippen LogP contribution in [0.2, 0.25) is 10.0 Å². The summed E-state index contributed by atoms with van der Waals surface area (Å²) in [6.07, 6.45) is 1.78. The average molecular weight is 381 g/mol. The van der Waals surface area contributed by atoms with E-state index in [2.05, 4.69) is 10.2 Å². The summed E-state index contributed by atoms with van der Waals surface area (Å²) in [5.41, 5.74) is 1.58. The van der Waals surface area contributed by atoms with Gasteiger partial charge in [-0.1, -0.05) is 35.3 Å². The number of piperidine rings is 1. The zero-order valence-electron chi connectivity index (χ0n) is 13.6. The van der Waals surface area contributed by atoms with Gasteiger partial charge in [0, 0.05) is 18.1 Å². The van der Waals surface area contributed by atoms with E-state index in [9.17, 15) is 9.18 Å². The summed E-state index contributed by atoms with van der Waals surface area (Å²) in [7, 11) is 0. The maximum Gasteiger partial charge on any atom is 0.228 e. The van der Waals surface area contributed by atoms with E-state index in [1.807, 2.05) is 0 Å². The molecule has 0 radical (unpaired) electrons. The molecule has 1 heterocycles. The van der Waals surface area contributed by atoms with Crippen molar-refractivity contribution in [3.63, 3.8) is 0 Å². The molecule has 1 unspecified atom stereocenters. The third-order valence-corrected chi connectivity index (χ3v) is 4.95. The minimum atomic E-state index is -0.238. The largest absolute Gasteiger partial charge is 0.324 e. The number of anilines is 1. The van der Waals surface area contributed by atoms with Crippen molar-refractivity contribution in [2.45, 2.75) is 19.4 Å². The van der Waals surface area contributed by atoms with Gasteiger partial charge in [0.15, 0.2) is 0 Å². The highest BCUT2D eigenvalue weighted by Gasteiger charge is 2.26. The molecule has 1 fully saturated rings. The molecule has 0 aliphatic carbocycles. The summed E-state index contributed by atoms with van der Waals surface area (Å²) in [6.45, 7) is 2.31. The fourth-order valence-corrected chi connectivity index (χ4v) is 3.43. The van der Waals surface area contributed by atoms with E-state index < -0.39 is 0 Å². The van der Waals surface area contributed by atoms with Gasteiger partial charge in [0.05, 0.1) is 16.6 Å². The molecule has 6 heteroatoms. The van der Waals surface area contributed by atoms with Gasteiger partial charge in [-0.15, -0.1) is 0 Å². The first-order valence-corrected chi connectivity index (χ1v) is 8.99. The van der Waals surface area contributed by atoms with Gasteiger partial charge in [0.2, 0.25) is 5.91 Å². The molecule has 1 atom stereocenters. The number of benzene rings is 2. The van der Waals surface area contributed by atoms with E-state index in [0.717, 1.165) is 24.9 Å². The Kier molecular flexibility index (Phi) is 5.94. The molecule has 3 nitrogen and oxygen atoms in total. The molecule has 25 heavy (non-hydrogen) atoms. The summed E-state index contributed by atoms with van der Waals surface area (Å²) in [6, 6.07) is 11.5. The first-order valence-electron chi connectivity index (χ1n) is 8.24. The van der Waals surface area contributed by atoms with E-state index in [1.54, 1.807) is 30.3 Å². The molecule has 2 aromatic carbocycles. The lowest BCUT2D eigenvalue weighted by Gasteiger charge is -2.32. The SMILES string of the molecule is O=C(Nc1cc(Cl)ccc1Cl)C1CCCN(Cc2ccc(F)cc2)C1. The molecule has 132 valence electrons. The maximum absolute atomic E-state index is 13.0. The molecule has 0 aromatic heterocycles. The van der Waals surface area contributed by atoms with Crippen molar-refractivity contribution in [2.24, 2.45) is 5.92 Å². The van der Waals surface area contributed by atoms with Crippen LogP contribution in [0, 0.1) is 11.7 Å². The highest BCUT2D eigenvalue weighted by molar-refractivity contribution is 6.35. The number of hydrogen-bond acceptors (Lipinski definition) is 2. The highest BCUT2D eigenvalue weighted by atomic mass is 35.5. The van der Waals surface area contributed by atoms with E-state index in [0.29, 0.717) is 28.8 Å². The van der Waals surface area contributed by atoms with Crippen LogP contribution in [0.5, 0.6) is 0 Å². The summed E-state index contributed by atoms with van der Waals surface area (Å²) in [4.78, 5) is 14.8. The van der Waals surface area contributed by atoms with Gasteiger partial charge in [-0.05, 0) is 55.3 Å². The smallest absolute Gasteiger partial charge is 0.228 e. The maximum atomic E-state index is 13.0. The summed E-state index contributed by atoms with van der Waals surface area (Å²) < 4.78 is 13.0. The van der Waals surface area contributed by atoms with Crippen molar-refractivity contribution in [1.29, 1.82) is 0 Å². The fourth-order valence-electron chi connectivity index (χ4n) is 3.09. The Balaban J connectivity index is 1.61. The van der Waals surface area contributed by atoms with Crippen LogP contribution in [0.4, 0.5) is 10.1 Å². The van der Waals surface area contributed by atoms with Gasteiger partial charge in [-0.3, -0.25) is 9.69 Å². The lowest BCUT2D eigenvalue weighted by atomic mass is 9.96. The van der Waals surface area contributed by atoms with Gasteiger partial charge in [0.25, 0.3) is 0 Å². The Bertz CT molecular complexity index is 752. The molecule has 1 N–H and O–H groups in total. The van der Waals surface area contributed by atoms with Crippen molar-refractivity contribution in [3.05, 3.63) is 63.9 Å². The number of likely N-dealkylation sites (tertiary alicyclic amines) is 1. The molecule has 1 aliphatic rings. The number of amides is 1. The number of rotatable bonds is 4. The zero-order chi connectivity index (χ0) is 17.8. The first kappa shape index (κ1) is 18.2. The minimum Gasteiger partial charge on any atom is -0.324 e. The second-order valence-corrected chi connectivity index (χ2v) is 7.16. The average Bonchev–Trinajstić information content (AvgIpc) is 2.60. The predicted octanol–water partition coefficient (Wildman–Crippen LogP) is 4.98. The van der Waals surface area contributed by atoms with Gasteiger partial charge >= 0.3 is 0 Å². The van der Waals surface area contributed by atoms with Crippen molar-refractivity contribution in [1.82, 2.24) is 4.90 Å². The molecular formula is C19H19Cl2FN2O. The van der Waals surface area contributed by atoms with Crippen LogP contribution in [-0.2, 0) is 11.3 Å². The van der Waals surface area contributed by atoms with Gasteiger partial charge < -0.3 is 5.32 Å². The second kappa shape index (κ2) is 8.17. The normalized spacial score (nSPS) is 18.1. The molecule has 0 saturated carbocycles. The van der Waals surface area contributed by atoms with Crippen molar-refractivity contribution < 1.29 is 9.18 Å². The van der Waals surface area contributed by atoms with Crippen LogP contribution in [0.1, 0.15) is 18.4 Å². The third-order valence-electron chi connectivity index (χ3n) is 4.38. The Morgan fingerprint density at radius 2 is 1.96 bits per heavy atom. The van der Waals surface area contributed by atoms with Crippen molar-refractivity contribution in [2.75, 3.05) is 18.4 Å². The van der Waals surface area contributed by atoms with Gasteiger partial charge in [0.1, 0.15) is 5.82 Å². The number of carbonyl (C=O) groups is 1. The van der Waals surface area contributed by atoms with Crippen LogP contribution >= 0.6 is 23.2 Å². The van der Waals surface area contributed by atoms with Crippen molar-refractivity contribution in [3.8, 4) is 0 Å². The number of halogens is 3. The quantitative estimate of drug-likeness (QED) is 0.810. The number of nitrogens with zero attached hydrogens (tertiary/aromatic N) is 1. The minimum absolute atomic E-state index is 0.0482. The molecule has 0 spiro atoms. The van der Waals surface area contributed by atoms with Crippen LogP contribution < -0.4 is 5.32 Å². The van der Waals surface area contributed by atoms with Gasteiger partial charge in [-0.2, -0.15) is 0 Å². The molecule has 3 rings (SSSR count). The Hall–Kier alpha value is -1.62. The first-order chi connectivity index (χ1) is 12.0. The topological polar surface area (TPSA) is 32.3 Å². The third kappa shape index (κ3) is 4.94. The van der Waals surface area contributed by atoms with Crippen molar-refractivity contribution >= 4 is 34.8 Å². The summed E-state index contributed by atoms with van der Waals surface area (Å²) in [5.74, 6) is -0.393. The lowest BCUT2D eigenvalue weighted by molar-refractivity contribution is -0.121.